The van der Waals surface area contributed by atoms with Crippen LogP contribution in [-0.4, -0.2) is 18.4 Å². The molecule has 0 unspecified atom stereocenters. The van der Waals surface area contributed by atoms with E-state index in [-0.39, 0.29) is 10.8 Å². The number of nitrogens with zero attached hydrogens (tertiary/aromatic N) is 2. The van der Waals surface area contributed by atoms with Crippen LogP contribution < -0.4 is 10.0 Å². The smallest absolute Gasteiger partial charge is 0.381 e. The molecule has 0 saturated heterocycles. The van der Waals surface area contributed by atoms with E-state index in [0.29, 0.717) is 29.2 Å². The molecule has 1 heterocycles. The van der Waals surface area contributed by atoms with Gasteiger partial charge in [0.1, 0.15) is 0 Å². The normalized spacial score (nSPS) is 11.9. The lowest BCUT2D eigenvalue weighted by atomic mass is 10.1. The maximum Gasteiger partial charge on any atom is 0.416 e. The van der Waals surface area contributed by atoms with Crippen molar-refractivity contribution in [1.29, 1.82) is 0 Å². The number of aromatic nitrogens is 2. The van der Waals surface area contributed by atoms with E-state index in [2.05, 4.69) is 20.0 Å². The Morgan fingerprint density at radius 1 is 0.900 bits per heavy atom. The minimum absolute atomic E-state index is 0.00277. The molecule has 3 aromatic rings. The number of hydrogen-bond acceptors (Lipinski definition) is 5. The van der Waals surface area contributed by atoms with E-state index in [1.807, 2.05) is 0 Å². The van der Waals surface area contributed by atoms with Crippen molar-refractivity contribution >= 4 is 21.7 Å². The molecule has 0 radical (unpaired) electrons. The van der Waals surface area contributed by atoms with Gasteiger partial charge in [0.2, 0.25) is 5.95 Å². The summed E-state index contributed by atoms with van der Waals surface area (Å²) in [5.74, 6) is -0.00277. The third kappa shape index (κ3) is 5.47. The van der Waals surface area contributed by atoms with Crippen molar-refractivity contribution in [3.8, 4) is 0 Å². The van der Waals surface area contributed by atoms with Crippen molar-refractivity contribution in [3.63, 3.8) is 0 Å². The first-order chi connectivity index (χ1) is 14.0. The minimum Gasteiger partial charge on any atom is -0.381 e. The van der Waals surface area contributed by atoms with Gasteiger partial charge in [0.05, 0.1) is 10.5 Å². The van der Waals surface area contributed by atoms with E-state index >= 15 is 0 Å². The molecule has 158 valence electrons. The molecule has 0 fully saturated rings. The highest BCUT2D eigenvalue weighted by atomic mass is 32.2. The van der Waals surface area contributed by atoms with Crippen LogP contribution in [0.4, 0.5) is 24.8 Å². The summed E-state index contributed by atoms with van der Waals surface area (Å²) in [5.41, 5.74) is 1.86. The Morgan fingerprint density at radius 3 is 2.00 bits per heavy atom. The van der Waals surface area contributed by atoms with Crippen molar-refractivity contribution in [2.45, 2.75) is 31.5 Å². The van der Waals surface area contributed by atoms with Crippen molar-refractivity contribution in [1.82, 2.24) is 9.97 Å². The van der Waals surface area contributed by atoms with Crippen LogP contribution in [-0.2, 0) is 22.7 Å². The van der Waals surface area contributed by atoms with Gasteiger partial charge in [-0.1, -0.05) is 12.1 Å². The molecule has 2 aromatic carbocycles. The highest BCUT2D eigenvalue weighted by Crippen LogP contribution is 2.29. The van der Waals surface area contributed by atoms with Gasteiger partial charge in [0, 0.05) is 23.6 Å². The zero-order chi connectivity index (χ0) is 21.9. The summed E-state index contributed by atoms with van der Waals surface area (Å²) < 4.78 is 65.2. The van der Waals surface area contributed by atoms with Gasteiger partial charge in [0.25, 0.3) is 10.0 Å². The largest absolute Gasteiger partial charge is 0.416 e. The number of hydrogen-bond donors (Lipinski definition) is 2. The van der Waals surface area contributed by atoms with Crippen LogP contribution in [0.5, 0.6) is 0 Å². The van der Waals surface area contributed by atoms with Crippen molar-refractivity contribution in [3.05, 3.63) is 77.1 Å². The lowest BCUT2D eigenvalue weighted by molar-refractivity contribution is -0.137. The molecule has 0 saturated carbocycles. The molecule has 0 bridgehead atoms. The van der Waals surface area contributed by atoms with Gasteiger partial charge in [-0.25, -0.2) is 23.1 Å². The Hall–Kier alpha value is -3.14. The third-order valence-electron chi connectivity index (χ3n) is 4.15. The van der Waals surface area contributed by atoms with Crippen LogP contribution in [0.3, 0.4) is 0 Å². The summed E-state index contributed by atoms with van der Waals surface area (Å²) in [6.45, 7) is 3.77. The van der Waals surface area contributed by atoms with Crippen molar-refractivity contribution in [2.24, 2.45) is 0 Å². The standard InChI is InChI=1S/C20H19F3N4O2S/c1-13-11-14(2)26-19(25-13)27-30(28,29)18-9-7-17(8-10-18)24-12-15-3-5-16(6-4-15)20(21,22)23/h3-11,24H,12H2,1-2H3,(H,25,26,27). The number of benzene rings is 2. The average Bonchev–Trinajstić information content (AvgIpc) is 2.65. The lowest BCUT2D eigenvalue weighted by Crippen LogP contribution is -2.15. The quantitative estimate of drug-likeness (QED) is 0.593. The summed E-state index contributed by atoms with van der Waals surface area (Å²) in [4.78, 5) is 8.16. The fourth-order valence-electron chi connectivity index (χ4n) is 2.72. The van der Waals surface area contributed by atoms with E-state index in [1.54, 1.807) is 32.0 Å². The highest BCUT2D eigenvalue weighted by Gasteiger charge is 2.29. The first-order valence-electron chi connectivity index (χ1n) is 8.88. The Bertz CT molecular complexity index is 1110. The Morgan fingerprint density at radius 2 is 1.47 bits per heavy atom. The molecule has 0 amide bonds. The van der Waals surface area contributed by atoms with E-state index in [9.17, 15) is 21.6 Å². The average molecular weight is 436 g/mol. The van der Waals surface area contributed by atoms with Crippen LogP contribution in [0.1, 0.15) is 22.5 Å². The molecule has 1 aromatic heterocycles. The van der Waals surface area contributed by atoms with Gasteiger partial charge in [0.15, 0.2) is 0 Å². The number of halogens is 3. The summed E-state index contributed by atoms with van der Waals surface area (Å²) in [5, 5.41) is 3.04. The second-order valence-electron chi connectivity index (χ2n) is 6.65. The molecular weight excluding hydrogens is 417 g/mol. The molecule has 3 rings (SSSR count). The Balaban J connectivity index is 1.65. The number of anilines is 2. The molecule has 0 atom stereocenters. The van der Waals surface area contributed by atoms with Gasteiger partial charge in [-0.15, -0.1) is 0 Å². The molecule has 0 spiro atoms. The Kier molecular flexibility index (Phi) is 5.97. The van der Waals surface area contributed by atoms with Crippen LogP contribution >= 0.6 is 0 Å². The van der Waals surface area contributed by atoms with Gasteiger partial charge in [-0.3, -0.25) is 0 Å². The topological polar surface area (TPSA) is 84.0 Å². The SMILES string of the molecule is Cc1cc(C)nc(NS(=O)(=O)c2ccc(NCc3ccc(C(F)(F)F)cc3)cc2)n1. The van der Waals surface area contributed by atoms with Crippen LogP contribution in [0.2, 0.25) is 0 Å². The molecule has 10 heteroatoms. The number of sulfonamides is 1. The predicted molar refractivity (Wildman–Crippen MR) is 108 cm³/mol. The van der Waals surface area contributed by atoms with Crippen LogP contribution in [0, 0.1) is 13.8 Å². The summed E-state index contributed by atoms with van der Waals surface area (Å²) in [6, 6.07) is 12.5. The second-order valence-corrected chi connectivity index (χ2v) is 8.33. The van der Waals surface area contributed by atoms with Gasteiger partial charge in [-0.05, 0) is 61.9 Å². The maximum atomic E-state index is 12.6. The third-order valence-corrected chi connectivity index (χ3v) is 5.49. The molecule has 0 aliphatic carbocycles. The molecular formula is C20H19F3N4O2S. The molecule has 30 heavy (non-hydrogen) atoms. The first kappa shape index (κ1) is 21.6. The summed E-state index contributed by atoms with van der Waals surface area (Å²) in [7, 11) is -3.86. The predicted octanol–water partition coefficient (Wildman–Crippen LogP) is 4.53. The van der Waals surface area contributed by atoms with Gasteiger partial charge >= 0.3 is 6.18 Å². The van der Waals surface area contributed by atoms with Crippen LogP contribution in [0.25, 0.3) is 0 Å². The summed E-state index contributed by atoms with van der Waals surface area (Å²) >= 11 is 0. The monoisotopic (exact) mass is 436 g/mol. The maximum absolute atomic E-state index is 12.6. The zero-order valence-corrected chi connectivity index (χ0v) is 17.0. The molecule has 0 aliphatic heterocycles. The van der Waals surface area contributed by atoms with Gasteiger partial charge < -0.3 is 5.32 Å². The summed E-state index contributed by atoms with van der Waals surface area (Å²) in [6.07, 6.45) is -4.37. The fourth-order valence-corrected chi connectivity index (χ4v) is 3.66. The lowest BCUT2D eigenvalue weighted by Gasteiger charge is -2.11. The Labute approximate surface area is 172 Å². The van der Waals surface area contributed by atoms with E-state index in [4.69, 9.17) is 0 Å². The van der Waals surface area contributed by atoms with E-state index in [1.165, 1.54) is 24.3 Å². The number of nitrogens with one attached hydrogen (secondary N) is 2. The van der Waals surface area contributed by atoms with Crippen molar-refractivity contribution < 1.29 is 21.6 Å². The number of alkyl halides is 3. The minimum atomic E-state index is -4.37. The van der Waals surface area contributed by atoms with E-state index < -0.39 is 21.8 Å². The van der Waals surface area contributed by atoms with E-state index in [0.717, 1.165) is 12.1 Å². The molecule has 0 aliphatic rings. The molecule has 2 N–H and O–H groups in total. The number of aryl methyl sites for hydroxylation is 2. The fraction of sp³-hybridized carbons (Fsp3) is 0.200. The van der Waals surface area contributed by atoms with Crippen molar-refractivity contribution in [2.75, 3.05) is 10.0 Å². The molecule has 6 nitrogen and oxygen atoms in total. The zero-order valence-electron chi connectivity index (χ0n) is 16.2. The van der Waals surface area contributed by atoms with Gasteiger partial charge in [-0.2, -0.15) is 13.2 Å². The first-order valence-corrected chi connectivity index (χ1v) is 10.4. The number of rotatable bonds is 6. The van der Waals surface area contributed by atoms with Crippen LogP contribution in [0.15, 0.2) is 59.5 Å². The highest BCUT2D eigenvalue weighted by molar-refractivity contribution is 7.92. The second kappa shape index (κ2) is 8.31.